The fourth-order valence-electron chi connectivity index (χ4n) is 3.22. The topological polar surface area (TPSA) is 119 Å². The van der Waals surface area contributed by atoms with Crippen LogP contribution in [0.2, 0.25) is 0 Å². The van der Waals surface area contributed by atoms with Crippen molar-refractivity contribution in [2.24, 2.45) is 11.1 Å². The number of hydrogen-bond acceptors (Lipinski definition) is 7. The molecular weight excluding hydrogens is 412 g/mol. The Bertz CT molecular complexity index is 1150. The number of thiophene rings is 1. The Hall–Kier alpha value is -3.38. The summed E-state index contributed by atoms with van der Waals surface area (Å²) in [6, 6.07) is 5.79. The first kappa shape index (κ1) is 20.9. The van der Waals surface area contributed by atoms with Crippen LogP contribution in [0.5, 0.6) is 0 Å². The zero-order chi connectivity index (χ0) is 22.2. The molecule has 0 spiro atoms. The number of carbonyl (C=O) groups is 1. The molecule has 1 unspecified atom stereocenters. The lowest BCUT2D eigenvalue weighted by atomic mass is 9.88. The molecule has 3 heterocycles. The van der Waals surface area contributed by atoms with Crippen molar-refractivity contribution in [3.8, 4) is 23.0 Å². The molecule has 4 rings (SSSR count). The molecule has 1 fully saturated rings. The highest BCUT2D eigenvalue weighted by Gasteiger charge is 2.31. The minimum absolute atomic E-state index is 0.322. The van der Waals surface area contributed by atoms with Crippen molar-refractivity contribution in [3.63, 3.8) is 0 Å². The van der Waals surface area contributed by atoms with Crippen LogP contribution in [0.4, 0.5) is 16.4 Å². The van der Waals surface area contributed by atoms with E-state index in [9.17, 15) is 4.79 Å². The van der Waals surface area contributed by atoms with Gasteiger partial charge in [-0.25, -0.2) is 14.8 Å². The highest BCUT2D eigenvalue weighted by atomic mass is 32.1. The highest BCUT2D eigenvalue weighted by Crippen LogP contribution is 2.42. The lowest BCUT2D eigenvalue weighted by Crippen LogP contribution is -2.26. The number of aromatic amines is 1. The van der Waals surface area contributed by atoms with E-state index in [1.807, 2.05) is 39.0 Å². The standard InChI is InChI=1S/C22H24N6O2S/c1-5-12-11-24-20(26-19(12)25-17-10-14(27-28-17)13-6-7-13)16-9-8-15(31-16)18(22(2,3)4)30-21(23)29/h1,8-11,13,18H,6-7H2,2-4H3,(H2,23,29)(H2,24,25,26,27,28). The second kappa shape index (κ2) is 8.04. The predicted molar refractivity (Wildman–Crippen MR) is 120 cm³/mol. The number of anilines is 2. The zero-order valence-corrected chi connectivity index (χ0v) is 18.4. The number of hydrogen-bond donors (Lipinski definition) is 3. The highest BCUT2D eigenvalue weighted by molar-refractivity contribution is 7.15. The molecule has 0 aromatic carbocycles. The SMILES string of the molecule is C#Cc1cnc(-c2ccc(C(OC(N)=O)C(C)(C)C)s2)nc1Nc1cc(C2CC2)[nH]n1. The van der Waals surface area contributed by atoms with Crippen LogP contribution < -0.4 is 11.1 Å². The molecule has 0 saturated heterocycles. The third kappa shape index (κ3) is 4.70. The first-order valence-electron chi connectivity index (χ1n) is 9.97. The number of rotatable bonds is 6. The summed E-state index contributed by atoms with van der Waals surface area (Å²) in [5.41, 5.74) is 6.61. The fraction of sp³-hybridized carbons (Fsp3) is 0.364. The number of carbonyl (C=O) groups excluding carboxylic acids is 1. The monoisotopic (exact) mass is 436 g/mol. The lowest BCUT2D eigenvalue weighted by Gasteiger charge is -2.28. The summed E-state index contributed by atoms with van der Waals surface area (Å²) >= 11 is 1.45. The van der Waals surface area contributed by atoms with Crippen molar-refractivity contribution in [1.29, 1.82) is 0 Å². The van der Waals surface area contributed by atoms with Crippen LogP contribution in [0.15, 0.2) is 24.4 Å². The number of nitrogens with zero attached hydrogens (tertiary/aromatic N) is 3. The summed E-state index contributed by atoms with van der Waals surface area (Å²) in [5, 5.41) is 10.6. The molecule has 9 heteroatoms. The van der Waals surface area contributed by atoms with Gasteiger partial charge < -0.3 is 15.8 Å². The third-order valence-electron chi connectivity index (χ3n) is 4.93. The fourth-order valence-corrected chi connectivity index (χ4v) is 4.44. The molecule has 1 atom stereocenters. The number of aromatic nitrogens is 4. The van der Waals surface area contributed by atoms with Crippen LogP contribution in [-0.4, -0.2) is 26.3 Å². The molecule has 0 aliphatic heterocycles. The minimum atomic E-state index is -0.805. The maximum atomic E-state index is 11.4. The van der Waals surface area contributed by atoms with Gasteiger partial charge in [0.25, 0.3) is 0 Å². The summed E-state index contributed by atoms with van der Waals surface area (Å²) in [6.45, 7) is 5.96. The van der Waals surface area contributed by atoms with Gasteiger partial charge in [0.05, 0.1) is 10.4 Å². The molecule has 160 valence electrons. The van der Waals surface area contributed by atoms with Crippen molar-refractivity contribution < 1.29 is 9.53 Å². The van der Waals surface area contributed by atoms with E-state index in [0.29, 0.717) is 28.9 Å². The Balaban J connectivity index is 1.62. The summed E-state index contributed by atoms with van der Waals surface area (Å²) in [4.78, 5) is 22.1. The molecule has 1 aliphatic carbocycles. The van der Waals surface area contributed by atoms with E-state index in [-0.39, 0.29) is 5.41 Å². The van der Waals surface area contributed by atoms with Gasteiger partial charge in [-0.2, -0.15) is 5.10 Å². The average Bonchev–Trinajstić information content (AvgIpc) is 3.26. The quantitative estimate of drug-likeness (QED) is 0.481. The van der Waals surface area contributed by atoms with E-state index in [4.69, 9.17) is 16.9 Å². The van der Waals surface area contributed by atoms with Gasteiger partial charge in [-0.1, -0.05) is 26.7 Å². The van der Waals surface area contributed by atoms with Crippen LogP contribution in [0.1, 0.15) is 61.8 Å². The summed E-state index contributed by atoms with van der Waals surface area (Å²) < 4.78 is 5.37. The van der Waals surface area contributed by atoms with E-state index >= 15 is 0 Å². The van der Waals surface area contributed by atoms with Crippen LogP contribution in [0, 0.1) is 17.8 Å². The number of H-pyrrole nitrogens is 1. The molecule has 0 bridgehead atoms. The number of terminal acetylenes is 1. The van der Waals surface area contributed by atoms with Gasteiger partial charge >= 0.3 is 6.09 Å². The Morgan fingerprint density at radius 3 is 2.84 bits per heavy atom. The summed E-state index contributed by atoms with van der Waals surface area (Å²) in [7, 11) is 0. The van der Waals surface area contributed by atoms with Gasteiger partial charge in [0.2, 0.25) is 0 Å². The molecular formula is C22H24N6O2S. The lowest BCUT2D eigenvalue weighted by molar-refractivity contribution is 0.0384. The van der Waals surface area contributed by atoms with Crippen molar-refractivity contribution in [2.45, 2.75) is 45.6 Å². The second-order valence-corrected chi connectivity index (χ2v) is 9.71. The largest absolute Gasteiger partial charge is 0.440 e. The van der Waals surface area contributed by atoms with E-state index in [1.165, 1.54) is 24.2 Å². The average molecular weight is 437 g/mol. The van der Waals surface area contributed by atoms with Crippen molar-refractivity contribution >= 4 is 29.1 Å². The number of nitrogens with one attached hydrogen (secondary N) is 2. The predicted octanol–water partition coefficient (Wildman–Crippen LogP) is 4.71. The van der Waals surface area contributed by atoms with Crippen molar-refractivity contribution in [1.82, 2.24) is 20.2 Å². The minimum Gasteiger partial charge on any atom is -0.440 e. The molecule has 1 aliphatic rings. The molecule has 4 N–H and O–H groups in total. The maximum Gasteiger partial charge on any atom is 0.405 e. The van der Waals surface area contributed by atoms with Gasteiger partial charge in [0.1, 0.15) is 6.10 Å². The smallest absolute Gasteiger partial charge is 0.405 e. The van der Waals surface area contributed by atoms with Gasteiger partial charge in [0.15, 0.2) is 17.5 Å². The Morgan fingerprint density at radius 1 is 1.42 bits per heavy atom. The number of amides is 1. The van der Waals surface area contributed by atoms with Gasteiger partial charge in [-0.15, -0.1) is 17.8 Å². The molecule has 31 heavy (non-hydrogen) atoms. The van der Waals surface area contributed by atoms with Gasteiger partial charge in [0, 0.05) is 34.2 Å². The van der Waals surface area contributed by atoms with Crippen LogP contribution >= 0.6 is 11.3 Å². The van der Waals surface area contributed by atoms with E-state index < -0.39 is 12.2 Å². The Kier molecular flexibility index (Phi) is 5.41. The molecule has 3 aromatic heterocycles. The zero-order valence-electron chi connectivity index (χ0n) is 17.6. The normalized spacial score (nSPS) is 14.6. The molecule has 3 aromatic rings. The van der Waals surface area contributed by atoms with Crippen LogP contribution in [0.25, 0.3) is 10.7 Å². The number of ether oxygens (including phenoxy) is 1. The first-order valence-corrected chi connectivity index (χ1v) is 10.8. The number of nitrogens with two attached hydrogens (primary N) is 1. The first-order chi connectivity index (χ1) is 14.7. The van der Waals surface area contributed by atoms with Crippen LogP contribution in [0.3, 0.4) is 0 Å². The van der Waals surface area contributed by atoms with Gasteiger partial charge in [-0.3, -0.25) is 5.10 Å². The van der Waals surface area contributed by atoms with Crippen LogP contribution in [-0.2, 0) is 4.74 Å². The summed E-state index contributed by atoms with van der Waals surface area (Å²) in [5.74, 6) is 4.87. The Morgan fingerprint density at radius 2 is 2.19 bits per heavy atom. The third-order valence-corrected chi connectivity index (χ3v) is 6.06. The Labute approximate surface area is 184 Å². The van der Waals surface area contributed by atoms with E-state index in [2.05, 4.69) is 31.4 Å². The maximum absolute atomic E-state index is 11.4. The molecule has 1 amide bonds. The van der Waals surface area contributed by atoms with Crippen molar-refractivity contribution in [2.75, 3.05) is 5.32 Å². The van der Waals surface area contributed by atoms with Crippen molar-refractivity contribution in [3.05, 3.63) is 40.5 Å². The molecule has 0 radical (unpaired) electrons. The summed E-state index contributed by atoms with van der Waals surface area (Å²) in [6.07, 6.45) is 8.34. The molecule has 8 nitrogen and oxygen atoms in total. The van der Waals surface area contributed by atoms with E-state index in [1.54, 1.807) is 6.20 Å². The molecule has 1 saturated carbocycles. The van der Waals surface area contributed by atoms with E-state index in [0.717, 1.165) is 15.4 Å². The second-order valence-electron chi connectivity index (χ2n) is 8.59. The van der Waals surface area contributed by atoms with Gasteiger partial charge in [-0.05, 0) is 25.0 Å². The number of primary amides is 1.